The van der Waals surface area contributed by atoms with Gasteiger partial charge in [0.25, 0.3) is 5.91 Å². The summed E-state index contributed by atoms with van der Waals surface area (Å²) in [5.74, 6) is -0.214. The average molecular weight is 415 g/mol. The van der Waals surface area contributed by atoms with Crippen LogP contribution >= 0.6 is 0 Å². The summed E-state index contributed by atoms with van der Waals surface area (Å²) >= 11 is 0. The van der Waals surface area contributed by atoms with Gasteiger partial charge < -0.3 is 29.8 Å². The van der Waals surface area contributed by atoms with Crippen LogP contribution in [0.1, 0.15) is 40.9 Å². The van der Waals surface area contributed by atoms with Gasteiger partial charge in [0.15, 0.2) is 0 Å². The van der Waals surface area contributed by atoms with Gasteiger partial charge in [0.1, 0.15) is 11.4 Å². The number of carbonyl (C=O) groups excluding carboxylic acids is 2. The Bertz CT molecular complexity index is 900. The second-order valence-electron chi connectivity index (χ2n) is 7.89. The molecule has 2 aromatic rings. The fourth-order valence-corrected chi connectivity index (χ4v) is 3.36. The molecule has 0 atom stereocenters. The molecule has 3 N–H and O–H groups in total. The molecule has 1 aliphatic rings. The summed E-state index contributed by atoms with van der Waals surface area (Å²) in [6.45, 7) is 3.36. The number of aliphatic hydroxyl groups is 1. The molecule has 0 bridgehead atoms. The predicted molar refractivity (Wildman–Crippen MR) is 114 cm³/mol. The lowest BCUT2D eigenvalue weighted by Crippen LogP contribution is -2.34. The van der Waals surface area contributed by atoms with Crippen LogP contribution in [0.15, 0.2) is 34.9 Å². The molecule has 8 heteroatoms. The summed E-state index contributed by atoms with van der Waals surface area (Å²) in [5, 5.41) is 16.6. The first-order valence-corrected chi connectivity index (χ1v) is 10.0. The number of benzene rings is 1. The topological polar surface area (TPSA) is 104 Å². The molecule has 30 heavy (non-hydrogen) atoms. The van der Waals surface area contributed by atoms with E-state index in [2.05, 4.69) is 10.6 Å². The fourth-order valence-electron chi connectivity index (χ4n) is 3.36. The van der Waals surface area contributed by atoms with E-state index < -0.39 is 5.60 Å². The lowest BCUT2D eigenvalue weighted by molar-refractivity contribution is -0.116. The summed E-state index contributed by atoms with van der Waals surface area (Å²) in [6.07, 6.45) is 2.52. The van der Waals surface area contributed by atoms with E-state index in [-0.39, 0.29) is 23.1 Å². The predicted octanol–water partition coefficient (Wildman–Crippen LogP) is 2.73. The molecule has 0 unspecified atom stereocenters. The molecule has 2 heterocycles. The molecule has 2 amide bonds. The first kappa shape index (κ1) is 22.0. The molecule has 1 aliphatic heterocycles. The number of nitrogens with zero attached hydrogens (tertiary/aromatic N) is 1. The van der Waals surface area contributed by atoms with Gasteiger partial charge in [-0.1, -0.05) is 6.07 Å². The number of aryl methyl sites for hydroxylation is 1. The van der Waals surface area contributed by atoms with Crippen molar-refractivity contribution in [2.75, 3.05) is 44.5 Å². The van der Waals surface area contributed by atoms with Crippen molar-refractivity contribution in [2.24, 2.45) is 0 Å². The summed E-state index contributed by atoms with van der Waals surface area (Å²) in [7, 11) is 3.82. The van der Waals surface area contributed by atoms with Crippen LogP contribution in [0.2, 0.25) is 0 Å². The molecule has 1 aromatic carbocycles. The van der Waals surface area contributed by atoms with Crippen molar-refractivity contribution >= 4 is 23.2 Å². The van der Waals surface area contributed by atoms with Crippen molar-refractivity contribution in [3.05, 3.63) is 47.4 Å². The third-order valence-electron chi connectivity index (χ3n) is 5.21. The molecule has 0 spiro atoms. The molecule has 1 saturated heterocycles. The van der Waals surface area contributed by atoms with Gasteiger partial charge in [-0.05, 0) is 44.8 Å². The van der Waals surface area contributed by atoms with Gasteiger partial charge in [0.05, 0.1) is 11.8 Å². The van der Waals surface area contributed by atoms with Crippen LogP contribution in [0.5, 0.6) is 0 Å². The van der Waals surface area contributed by atoms with E-state index in [0.29, 0.717) is 50.4 Å². The second-order valence-corrected chi connectivity index (χ2v) is 7.89. The van der Waals surface area contributed by atoms with E-state index in [9.17, 15) is 14.7 Å². The maximum absolute atomic E-state index is 12.9. The van der Waals surface area contributed by atoms with Crippen LogP contribution in [0.4, 0.5) is 11.4 Å². The van der Waals surface area contributed by atoms with Crippen LogP contribution in [-0.4, -0.2) is 55.7 Å². The number of furan rings is 1. The molecular formula is C22H29N3O5. The Kier molecular flexibility index (Phi) is 6.91. The number of rotatable bonds is 7. The highest BCUT2D eigenvalue weighted by Crippen LogP contribution is 2.35. The summed E-state index contributed by atoms with van der Waals surface area (Å²) < 4.78 is 10.8. The van der Waals surface area contributed by atoms with Gasteiger partial charge in [-0.2, -0.15) is 0 Å². The van der Waals surface area contributed by atoms with Crippen molar-refractivity contribution < 1.29 is 23.8 Å². The SMILES string of the molecule is Cc1ccc(NC(=O)c2ccoc2C2(O)CCOCC2)cc1NC(=O)CCN(C)C. The molecular weight excluding hydrogens is 386 g/mol. The Morgan fingerprint density at radius 1 is 1.17 bits per heavy atom. The number of nitrogens with one attached hydrogen (secondary N) is 2. The molecule has 8 nitrogen and oxygen atoms in total. The molecule has 162 valence electrons. The van der Waals surface area contributed by atoms with Gasteiger partial charge in [0.2, 0.25) is 5.91 Å². The van der Waals surface area contributed by atoms with E-state index in [1.165, 1.54) is 6.26 Å². The quantitative estimate of drug-likeness (QED) is 0.642. The number of anilines is 2. The first-order chi connectivity index (χ1) is 14.3. The average Bonchev–Trinajstić information content (AvgIpc) is 3.21. The van der Waals surface area contributed by atoms with Crippen LogP contribution < -0.4 is 10.6 Å². The van der Waals surface area contributed by atoms with Gasteiger partial charge >= 0.3 is 0 Å². The van der Waals surface area contributed by atoms with Gasteiger partial charge in [-0.3, -0.25) is 9.59 Å². The zero-order valence-corrected chi connectivity index (χ0v) is 17.7. The van der Waals surface area contributed by atoms with E-state index in [1.54, 1.807) is 18.2 Å². The third kappa shape index (κ3) is 5.27. The molecule has 1 aromatic heterocycles. The van der Waals surface area contributed by atoms with E-state index in [4.69, 9.17) is 9.15 Å². The Hall–Kier alpha value is -2.68. The normalized spacial score (nSPS) is 15.8. The lowest BCUT2D eigenvalue weighted by atomic mass is 9.89. The van der Waals surface area contributed by atoms with Crippen molar-refractivity contribution in [3.63, 3.8) is 0 Å². The number of hydrogen-bond donors (Lipinski definition) is 3. The molecule has 1 fully saturated rings. The minimum atomic E-state index is -1.22. The van der Waals surface area contributed by atoms with Crippen molar-refractivity contribution in [2.45, 2.75) is 31.8 Å². The summed E-state index contributed by atoms with van der Waals surface area (Å²) in [4.78, 5) is 27.0. The van der Waals surface area contributed by atoms with Crippen LogP contribution in [-0.2, 0) is 15.1 Å². The van der Waals surface area contributed by atoms with Crippen LogP contribution in [0, 0.1) is 6.92 Å². The third-order valence-corrected chi connectivity index (χ3v) is 5.21. The minimum absolute atomic E-state index is 0.0888. The molecule has 0 radical (unpaired) electrons. The minimum Gasteiger partial charge on any atom is -0.465 e. The zero-order chi connectivity index (χ0) is 21.7. The van der Waals surface area contributed by atoms with Crippen LogP contribution in [0.3, 0.4) is 0 Å². The highest BCUT2D eigenvalue weighted by atomic mass is 16.5. The Labute approximate surface area is 176 Å². The van der Waals surface area contributed by atoms with E-state index in [0.717, 1.165) is 5.56 Å². The fraction of sp³-hybridized carbons (Fsp3) is 0.455. The monoisotopic (exact) mass is 415 g/mol. The second kappa shape index (κ2) is 9.42. The molecule has 3 rings (SSSR count). The van der Waals surface area contributed by atoms with Gasteiger partial charge in [-0.25, -0.2) is 0 Å². The molecule has 0 aliphatic carbocycles. The highest BCUT2D eigenvalue weighted by molar-refractivity contribution is 6.05. The first-order valence-electron chi connectivity index (χ1n) is 10.0. The Morgan fingerprint density at radius 2 is 1.90 bits per heavy atom. The standard InChI is InChI=1S/C22H29N3O5/c1-15-4-5-16(14-18(15)24-19(26)6-10-25(2)3)23-21(27)17-7-11-30-20(17)22(28)8-12-29-13-9-22/h4-5,7,11,14,28H,6,8-10,12-13H2,1-3H3,(H,23,27)(H,24,26). The number of carbonyl (C=O) groups is 2. The Balaban J connectivity index is 1.72. The van der Waals surface area contributed by atoms with Gasteiger partial charge in [0, 0.05) is 50.4 Å². The smallest absolute Gasteiger partial charge is 0.259 e. The van der Waals surface area contributed by atoms with Crippen molar-refractivity contribution in [1.82, 2.24) is 4.90 Å². The highest BCUT2D eigenvalue weighted by Gasteiger charge is 2.38. The lowest BCUT2D eigenvalue weighted by Gasteiger charge is -2.30. The number of hydrogen-bond acceptors (Lipinski definition) is 6. The largest absolute Gasteiger partial charge is 0.465 e. The van der Waals surface area contributed by atoms with E-state index >= 15 is 0 Å². The number of amides is 2. The summed E-state index contributed by atoms with van der Waals surface area (Å²) in [5.41, 5.74) is 1.16. The number of ether oxygens (including phenoxy) is 1. The van der Waals surface area contributed by atoms with Crippen molar-refractivity contribution in [3.8, 4) is 0 Å². The maximum atomic E-state index is 12.9. The maximum Gasteiger partial charge on any atom is 0.259 e. The summed E-state index contributed by atoms with van der Waals surface area (Å²) in [6, 6.07) is 6.88. The van der Waals surface area contributed by atoms with Crippen molar-refractivity contribution in [1.29, 1.82) is 0 Å². The Morgan fingerprint density at radius 3 is 2.60 bits per heavy atom. The van der Waals surface area contributed by atoms with Gasteiger partial charge in [-0.15, -0.1) is 0 Å². The van der Waals surface area contributed by atoms with Crippen LogP contribution in [0.25, 0.3) is 0 Å². The molecule has 0 saturated carbocycles. The van der Waals surface area contributed by atoms with E-state index in [1.807, 2.05) is 32.0 Å². The zero-order valence-electron chi connectivity index (χ0n) is 17.7.